The van der Waals surface area contributed by atoms with E-state index >= 15 is 0 Å². The van der Waals surface area contributed by atoms with E-state index in [2.05, 4.69) is 14.9 Å². The van der Waals surface area contributed by atoms with Gasteiger partial charge >= 0.3 is 0 Å². The van der Waals surface area contributed by atoms with E-state index in [-0.39, 0.29) is 11.4 Å². The standard InChI is InChI=1S/C12H14FN3O2S/c1-8-12(9(2)16-15-8)19(17,18)14-7-10-4-3-5-11(13)6-10/h3-6,14H,7H2,1-2H3,(H,15,16). The Morgan fingerprint density at radius 2 is 2.11 bits per heavy atom. The molecule has 0 saturated heterocycles. The van der Waals surface area contributed by atoms with Gasteiger partial charge in [0.25, 0.3) is 0 Å². The van der Waals surface area contributed by atoms with Gasteiger partial charge in [0.05, 0.1) is 11.4 Å². The van der Waals surface area contributed by atoms with Gasteiger partial charge in [0.15, 0.2) is 0 Å². The molecule has 1 heterocycles. The molecule has 0 aliphatic heterocycles. The third-order valence-corrected chi connectivity index (χ3v) is 4.35. The monoisotopic (exact) mass is 283 g/mol. The maximum atomic E-state index is 13.0. The summed E-state index contributed by atoms with van der Waals surface area (Å²) >= 11 is 0. The number of aryl methyl sites for hydroxylation is 2. The Bertz CT molecular complexity index is 675. The second-order valence-electron chi connectivity index (χ2n) is 4.22. The molecule has 5 nitrogen and oxygen atoms in total. The number of hydrogen-bond acceptors (Lipinski definition) is 3. The van der Waals surface area contributed by atoms with Gasteiger partial charge in [0.1, 0.15) is 10.7 Å². The Labute approximate surface area is 110 Å². The van der Waals surface area contributed by atoms with Gasteiger partial charge in [-0.3, -0.25) is 5.10 Å². The van der Waals surface area contributed by atoms with E-state index in [1.54, 1.807) is 19.9 Å². The summed E-state index contributed by atoms with van der Waals surface area (Å²) in [5, 5.41) is 6.47. The first-order chi connectivity index (χ1) is 8.90. The summed E-state index contributed by atoms with van der Waals surface area (Å²) in [4.78, 5) is 0.143. The molecule has 1 aromatic heterocycles. The number of nitrogens with one attached hydrogen (secondary N) is 2. The second-order valence-corrected chi connectivity index (χ2v) is 5.92. The second kappa shape index (κ2) is 5.10. The number of nitrogens with zero attached hydrogens (tertiary/aromatic N) is 1. The van der Waals surface area contributed by atoms with Gasteiger partial charge in [0.2, 0.25) is 10.0 Å². The summed E-state index contributed by atoms with van der Waals surface area (Å²) in [7, 11) is -3.66. The third kappa shape index (κ3) is 2.99. The van der Waals surface area contributed by atoms with Crippen LogP contribution in [0.2, 0.25) is 0 Å². The molecule has 0 atom stereocenters. The lowest BCUT2D eigenvalue weighted by Gasteiger charge is -2.07. The molecule has 102 valence electrons. The van der Waals surface area contributed by atoms with Crippen LogP contribution >= 0.6 is 0 Å². The molecule has 0 saturated carbocycles. The Hall–Kier alpha value is -1.73. The number of H-pyrrole nitrogens is 1. The summed E-state index contributed by atoms with van der Waals surface area (Å²) in [5.41, 5.74) is 1.44. The molecule has 2 aromatic rings. The van der Waals surface area contributed by atoms with Crippen molar-refractivity contribution in [3.05, 3.63) is 47.0 Å². The quantitative estimate of drug-likeness (QED) is 0.895. The van der Waals surface area contributed by atoms with Crippen molar-refractivity contribution in [2.45, 2.75) is 25.3 Å². The predicted octanol–water partition coefficient (Wildman–Crippen LogP) is 1.64. The highest BCUT2D eigenvalue weighted by atomic mass is 32.2. The zero-order valence-electron chi connectivity index (χ0n) is 10.6. The first-order valence-corrected chi connectivity index (χ1v) is 7.14. The summed E-state index contributed by atoms with van der Waals surface area (Å²) in [6.45, 7) is 3.28. The van der Waals surface area contributed by atoms with Gasteiger partial charge in [-0.05, 0) is 31.5 Å². The lowest BCUT2D eigenvalue weighted by atomic mass is 10.2. The molecule has 0 spiro atoms. The van der Waals surface area contributed by atoms with Gasteiger partial charge in [-0.1, -0.05) is 12.1 Å². The van der Waals surface area contributed by atoms with Crippen LogP contribution in [-0.4, -0.2) is 18.6 Å². The predicted molar refractivity (Wildman–Crippen MR) is 68.5 cm³/mol. The van der Waals surface area contributed by atoms with Gasteiger partial charge in [-0.2, -0.15) is 5.10 Å². The van der Waals surface area contributed by atoms with Crippen LogP contribution in [0.15, 0.2) is 29.2 Å². The van der Waals surface area contributed by atoms with E-state index in [1.807, 2.05) is 0 Å². The summed E-state index contributed by atoms with van der Waals surface area (Å²) in [5.74, 6) is -0.396. The van der Waals surface area contributed by atoms with E-state index in [9.17, 15) is 12.8 Å². The first kappa shape index (κ1) is 13.7. The Kier molecular flexibility index (Phi) is 3.68. The SMILES string of the molecule is Cc1n[nH]c(C)c1S(=O)(=O)NCc1cccc(F)c1. The molecule has 0 bridgehead atoms. The van der Waals surface area contributed by atoms with Gasteiger partial charge in [-0.25, -0.2) is 17.5 Å². The number of sulfonamides is 1. The van der Waals surface area contributed by atoms with Crippen molar-refractivity contribution in [3.8, 4) is 0 Å². The number of hydrogen-bond donors (Lipinski definition) is 2. The summed E-state index contributed by atoms with van der Waals surface area (Å²) < 4.78 is 39.7. The molecule has 1 aromatic carbocycles. The molecule has 7 heteroatoms. The van der Waals surface area contributed by atoms with Gasteiger partial charge in [-0.15, -0.1) is 0 Å². The van der Waals surface area contributed by atoms with E-state index in [1.165, 1.54) is 18.2 Å². The molecule has 0 radical (unpaired) electrons. The highest BCUT2D eigenvalue weighted by Gasteiger charge is 2.21. The molecule has 0 aliphatic carbocycles. The molecule has 0 amide bonds. The van der Waals surface area contributed by atoms with Crippen LogP contribution in [0.3, 0.4) is 0 Å². The van der Waals surface area contributed by atoms with Crippen molar-refractivity contribution >= 4 is 10.0 Å². The lowest BCUT2D eigenvalue weighted by molar-refractivity contribution is 0.579. The van der Waals surface area contributed by atoms with Crippen LogP contribution in [-0.2, 0) is 16.6 Å². The topological polar surface area (TPSA) is 74.8 Å². The van der Waals surface area contributed by atoms with Crippen LogP contribution in [0, 0.1) is 19.7 Å². The minimum Gasteiger partial charge on any atom is -0.281 e. The minimum atomic E-state index is -3.66. The maximum absolute atomic E-state index is 13.0. The molecular formula is C12H14FN3O2S. The average molecular weight is 283 g/mol. The van der Waals surface area contributed by atoms with Crippen molar-refractivity contribution in [1.29, 1.82) is 0 Å². The lowest BCUT2D eigenvalue weighted by Crippen LogP contribution is -2.24. The van der Waals surface area contributed by atoms with Crippen LogP contribution in [0.1, 0.15) is 17.0 Å². The smallest absolute Gasteiger partial charge is 0.244 e. The fraction of sp³-hybridized carbons (Fsp3) is 0.250. The molecule has 0 unspecified atom stereocenters. The zero-order chi connectivity index (χ0) is 14.0. The molecule has 0 fully saturated rings. The number of rotatable bonds is 4. The van der Waals surface area contributed by atoms with E-state index in [0.29, 0.717) is 17.0 Å². The van der Waals surface area contributed by atoms with Crippen molar-refractivity contribution in [2.24, 2.45) is 0 Å². The van der Waals surface area contributed by atoms with Crippen LogP contribution in [0.25, 0.3) is 0 Å². The van der Waals surface area contributed by atoms with E-state index < -0.39 is 15.8 Å². The van der Waals surface area contributed by atoms with E-state index in [4.69, 9.17) is 0 Å². The molecule has 0 aliphatic rings. The van der Waals surface area contributed by atoms with Crippen molar-refractivity contribution in [2.75, 3.05) is 0 Å². The fourth-order valence-electron chi connectivity index (χ4n) is 1.83. The van der Waals surface area contributed by atoms with Gasteiger partial charge < -0.3 is 0 Å². The number of halogens is 1. The minimum absolute atomic E-state index is 0.0319. The summed E-state index contributed by atoms with van der Waals surface area (Å²) in [6.07, 6.45) is 0. The van der Waals surface area contributed by atoms with Crippen LogP contribution in [0.5, 0.6) is 0 Å². The van der Waals surface area contributed by atoms with Crippen molar-refractivity contribution in [1.82, 2.24) is 14.9 Å². The number of benzene rings is 1. The molecule has 19 heavy (non-hydrogen) atoms. The summed E-state index contributed by atoms with van der Waals surface area (Å²) in [6, 6.07) is 5.79. The van der Waals surface area contributed by atoms with Crippen molar-refractivity contribution < 1.29 is 12.8 Å². The van der Waals surface area contributed by atoms with Crippen LogP contribution < -0.4 is 4.72 Å². The van der Waals surface area contributed by atoms with Crippen molar-refractivity contribution in [3.63, 3.8) is 0 Å². The highest BCUT2D eigenvalue weighted by Crippen LogP contribution is 2.16. The highest BCUT2D eigenvalue weighted by molar-refractivity contribution is 7.89. The largest absolute Gasteiger partial charge is 0.281 e. The first-order valence-electron chi connectivity index (χ1n) is 5.66. The number of aromatic amines is 1. The van der Waals surface area contributed by atoms with Gasteiger partial charge in [0, 0.05) is 6.54 Å². The molecule has 2 rings (SSSR count). The zero-order valence-corrected chi connectivity index (χ0v) is 11.4. The number of aromatic nitrogens is 2. The fourth-order valence-corrected chi connectivity index (χ4v) is 3.22. The molecule has 2 N–H and O–H groups in total. The molecular weight excluding hydrogens is 269 g/mol. The normalized spacial score (nSPS) is 11.7. The Morgan fingerprint density at radius 3 is 2.68 bits per heavy atom. The third-order valence-electron chi connectivity index (χ3n) is 2.68. The van der Waals surface area contributed by atoms with E-state index in [0.717, 1.165) is 0 Å². The Balaban J connectivity index is 2.19. The average Bonchev–Trinajstić information content (AvgIpc) is 2.67. The maximum Gasteiger partial charge on any atom is 0.244 e. The Morgan fingerprint density at radius 1 is 1.37 bits per heavy atom. The van der Waals surface area contributed by atoms with Crippen LogP contribution in [0.4, 0.5) is 4.39 Å².